The number of nitrogens with zero attached hydrogens (tertiary/aromatic N) is 2. The molecule has 1 aromatic carbocycles. The SMILES string of the molecule is CN1CCN(NC2c3cc(Cl)ccc3CC2(C)C)CC1. The van der Waals surface area contributed by atoms with Gasteiger partial charge in [-0.05, 0) is 42.1 Å². The molecule has 0 spiro atoms. The quantitative estimate of drug-likeness (QED) is 0.904. The number of nitrogens with one attached hydrogen (secondary N) is 1. The molecule has 3 rings (SSSR count). The fourth-order valence-corrected chi connectivity index (χ4v) is 3.55. The predicted octanol–water partition coefficient (Wildman–Crippen LogP) is 2.72. The lowest BCUT2D eigenvalue weighted by atomic mass is 9.86. The zero-order chi connectivity index (χ0) is 14.3. The first-order valence-corrected chi connectivity index (χ1v) is 7.81. The van der Waals surface area contributed by atoms with Crippen molar-refractivity contribution in [1.82, 2.24) is 15.3 Å². The molecule has 20 heavy (non-hydrogen) atoms. The topological polar surface area (TPSA) is 18.5 Å². The van der Waals surface area contributed by atoms with Crippen LogP contribution in [0, 0.1) is 5.41 Å². The lowest BCUT2D eigenvalue weighted by Gasteiger charge is -2.38. The molecule has 0 amide bonds. The Hall–Kier alpha value is -0.610. The molecule has 4 heteroatoms. The number of hydrogen-bond acceptors (Lipinski definition) is 3. The van der Waals surface area contributed by atoms with Crippen LogP contribution in [0.3, 0.4) is 0 Å². The molecule has 0 radical (unpaired) electrons. The monoisotopic (exact) mass is 293 g/mol. The van der Waals surface area contributed by atoms with E-state index in [-0.39, 0.29) is 5.41 Å². The normalized spacial score (nSPS) is 26.7. The molecular weight excluding hydrogens is 270 g/mol. The van der Waals surface area contributed by atoms with Crippen LogP contribution in [-0.2, 0) is 6.42 Å². The molecule has 1 fully saturated rings. The summed E-state index contributed by atoms with van der Waals surface area (Å²) in [6.07, 6.45) is 1.12. The summed E-state index contributed by atoms with van der Waals surface area (Å²) in [6, 6.07) is 6.69. The molecular formula is C16H24ClN3. The molecule has 110 valence electrons. The maximum Gasteiger partial charge on any atom is 0.0522 e. The number of rotatable bonds is 2. The Labute approximate surface area is 126 Å². The molecule has 1 aliphatic carbocycles. The van der Waals surface area contributed by atoms with Crippen molar-refractivity contribution in [2.75, 3.05) is 33.2 Å². The third-order valence-corrected chi connectivity index (χ3v) is 4.90. The third-order valence-electron chi connectivity index (χ3n) is 4.66. The minimum Gasteiger partial charge on any atom is -0.304 e. The van der Waals surface area contributed by atoms with Gasteiger partial charge in [-0.25, -0.2) is 10.4 Å². The third kappa shape index (κ3) is 2.73. The molecule has 3 nitrogen and oxygen atoms in total. The Morgan fingerprint density at radius 3 is 2.60 bits per heavy atom. The standard InChI is InChI=1S/C16H24ClN3/c1-16(2)11-12-4-5-13(17)10-14(12)15(16)18-20-8-6-19(3)7-9-20/h4-5,10,15,18H,6-9,11H2,1-3H3. The highest BCUT2D eigenvalue weighted by Gasteiger charge is 2.40. The van der Waals surface area contributed by atoms with E-state index in [2.05, 4.69) is 48.4 Å². The van der Waals surface area contributed by atoms with E-state index in [1.807, 2.05) is 6.07 Å². The van der Waals surface area contributed by atoms with Gasteiger partial charge in [0.05, 0.1) is 6.04 Å². The van der Waals surface area contributed by atoms with Gasteiger partial charge < -0.3 is 4.90 Å². The molecule has 1 aromatic rings. The van der Waals surface area contributed by atoms with Crippen molar-refractivity contribution in [2.24, 2.45) is 5.41 Å². The Morgan fingerprint density at radius 2 is 1.90 bits per heavy atom. The second-order valence-corrected chi connectivity index (χ2v) is 7.30. The van der Waals surface area contributed by atoms with Crippen LogP contribution in [-0.4, -0.2) is 43.1 Å². The van der Waals surface area contributed by atoms with Crippen molar-refractivity contribution >= 4 is 11.6 Å². The first-order chi connectivity index (χ1) is 9.45. The Bertz CT molecular complexity index is 492. The predicted molar refractivity (Wildman–Crippen MR) is 83.9 cm³/mol. The number of hydrogen-bond donors (Lipinski definition) is 1. The van der Waals surface area contributed by atoms with Crippen LogP contribution >= 0.6 is 11.6 Å². The van der Waals surface area contributed by atoms with E-state index in [1.54, 1.807) is 0 Å². The lowest BCUT2D eigenvalue weighted by Crippen LogP contribution is -2.53. The highest BCUT2D eigenvalue weighted by molar-refractivity contribution is 6.30. The molecule has 1 saturated heterocycles. The maximum absolute atomic E-state index is 6.20. The van der Waals surface area contributed by atoms with Gasteiger partial charge in [0.25, 0.3) is 0 Å². The largest absolute Gasteiger partial charge is 0.304 e. The number of fused-ring (bicyclic) bond motifs is 1. The second kappa shape index (κ2) is 5.30. The van der Waals surface area contributed by atoms with Crippen LogP contribution in [0.4, 0.5) is 0 Å². The smallest absolute Gasteiger partial charge is 0.0522 e. The fraction of sp³-hybridized carbons (Fsp3) is 0.625. The number of halogens is 1. The summed E-state index contributed by atoms with van der Waals surface area (Å²) in [4.78, 5) is 2.38. The summed E-state index contributed by atoms with van der Waals surface area (Å²) in [5.41, 5.74) is 6.81. The van der Waals surface area contributed by atoms with E-state index in [0.29, 0.717) is 6.04 Å². The van der Waals surface area contributed by atoms with Gasteiger partial charge in [0.2, 0.25) is 0 Å². The summed E-state index contributed by atoms with van der Waals surface area (Å²) in [5.74, 6) is 0. The highest BCUT2D eigenvalue weighted by Crippen LogP contribution is 2.46. The molecule has 0 saturated carbocycles. The van der Waals surface area contributed by atoms with Crippen molar-refractivity contribution < 1.29 is 0 Å². The zero-order valence-corrected chi connectivity index (χ0v) is 13.4. The fourth-order valence-electron chi connectivity index (χ4n) is 3.37. The van der Waals surface area contributed by atoms with E-state index in [9.17, 15) is 0 Å². The van der Waals surface area contributed by atoms with Crippen molar-refractivity contribution in [3.8, 4) is 0 Å². The van der Waals surface area contributed by atoms with Crippen LogP contribution in [0.25, 0.3) is 0 Å². The number of hydrazine groups is 1. The van der Waals surface area contributed by atoms with Gasteiger partial charge >= 0.3 is 0 Å². The summed E-state index contributed by atoms with van der Waals surface area (Å²) in [6.45, 7) is 9.10. The van der Waals surface area contributed by atoms with Gasteiger partial charge in [-0.15, -0.1) is 0 Å². The Morgan fingerprint density at radius 1 is 1.20 bits per heavy atom. The molecule has 0 aromatic heterocycles. The van der Waals surface area contributed by atoms with Crippen LogP contribution in [0.1, 0.15) is 31.0 Å². The van der Waals surface area contributed by atoms with Gasteiger partial charge in [0.1, 0.15) is 0 Å². The van der Waals surface area contributed by atoms with Crippen molar-refractivity contribution in [2.45, 2.75) is 26.3 Å². The number of likely N-dealkylation sites (N-methyl/N-ethyl adjacent to an activating group) is 1. The maximum atomic E-state index is 6.20. The van der Waals surface area contributed by atoms with E-state index < -0.39 is 0 Å². The first kappa shape index (κ1) is 14.3. The summed E-state index contributed by atoms with van der Waals surface area (Å²) >= 11 is 6.20. The van der Waals surface area contributed by atoms with Crippen LogP contribution in [0.5, 0.6) is 0 Å². The van der Waals surface area contributed by atoms with E-state index in [1.165, 1.54) is 11.1 Å². The van der Waals surface area contributed by atoms with Gasteiger partial charge in [0.15, 0.2) is 0 Å². The first-order valence-electron chi connectivity index (χ1n) is 7.44. The molecule has 1 unspecified atom stereocenters. The van der Waals surface area contributed by atoms with E-state index in [4.69, 9.17) is 11.6 Å². The minimum atomic E-state index is 0.233. The number of piperazine rings is 1. The van der Waals surface area contributed by atoms with Gasteiger partial charge in [-0.1, -0.05) is 31.5 Å². The summed E-state index contributed by atoms with van der Waals surface area (Å²) < 4.78 is 0. The second-order valence-electron chi connectivity index (χ2n) is 6.86. The van der Waals surface area contributed by atoms with E-state index >= 15 is 0 Å². The molecule has 1 atom stereocenters. The van der Waals surface area contributed by atoms with Gasteiger partial charge in [-0.3, -0.25) is 0 Å². The van der Waals surface area contributed by atoms with Crippen molar-refractivity contribution in [3.63, 3.8) is 0 Å². The van der Waals surface area contributed by atoms with Crippen LogP contribution in [0.2, 0.25) is 5.02 Å². The highest BCUT2D eigenvalue weighted by atomic mass is 35.5. The molecule has 0 bridgehead atoms. The summed E-state index contributed by atoms with van der Waals surface area (Å²) in [7, 11) is 2.19. The van der Waals surface area contributed by atoms with Crippen LogP contribution in [0.15, 0.2) is 18.2 Å². The van der Waals surface area contributed by atoms with Crippen molar-refractivity contribution in [1.29, 1.82) is 0 Å². The molecule has 1 heterocycles. The van der Waals surface area contributed by atoms with Crippen molar-refractivity contribution in [3.05, 3.63) is 34.3 Å². The average Bonchev–Trinajstić information content (AvgIpc) is 2.63. The number of benzene rings is 1. The molecule has 1 aliphatic heterocycles. The lowest BCUT2D eigenvalue weighted by molar-refractivity contribution is 0.0602. The van der Waals surface area contributed by atoms with Gasteiger partial charge in [-0.2, -0.15) is 0 Å². The molecule has 1 N–H and O–H groups in total. The summed E-state index contributed by atoms with van der Waals surface area (Å²) in [5, 5.41) is 3.22. The zero-order valence-electron chi connectivity index (χ0n) is 12.6. The Kier molecular flexibility index (Phi) is 3.80. The minimum absolute atomic E-state index is 0.233. The molecule has 2 aliphatic rings. The average molecular weight is 294 g/mol. The van der Waals surface area contributed by atoms with Crippen LogP contribution < -0.4 is 5.43 Å². The van der Waals surface area contributed by atoms with Gasteiger partial charge in [0, 0.05) is 31.2 Å². The van der Waals surface area contributed by atoms with E-state index in [0.717, 1.165) is 37.6 Å². The Balaban J connectivity index is 1.79.